The summed E-state index contributed by atoms with van der Waals surface area (Å²) in [6.45, 7) is 5.30. The van der Waals surface area contributed by atoms with Gasteiger partial charge in [-0.25, -0.2) is 0 Å². The van der Waals surface area contributed by atoms with E-state index in [1.165, 1.54) is 14.2 Å². The quantitative estimate of drug-likeness (QED) is 0.879. The molecule has 0 amide bonds. The van der Waals surface area contributed by atoms with Gasteiger partial charge in [-0.15, -0.1) is 11.3 Å². The summed E-state index contributed by atoms with van der Waals surface area (Å²) >= 11 is 5.31. The van der Waals surface area contributed by atoms with Crippen LogP contribution >= 0.6 is 27.3 Å². The molecule has 0 aliphatic carbocycles. The number of rotatable bonds is 5. The SMILES string of the molecule is CCCNC(c1ccco1)c1cc(Br)sc1C. The molecule has 0 aliphatic heterocycles. The van der Waals surface area contributed by atoms with E-state index in [1.54, 1.807) is 17.6 Å². The van der Waals surface area contributed by atoms with Gasteiger partial charge < -0.3 is 9.73 Å². The maximum Gasteiger partial charge on any atom is 0.125 e. The van der Waals surface area contributed by atoms with Crippen molar-refractivity contribution >= 4 is 27.3 Å². The maximum atomic E-state index is 5.54. The van der Waals surface area contributed by atoms with Gasteiger partial charge in [-0.2, -0.15) is 0 Å². The molecule has 0 saturated heterocycles. The fourth-order valence-electron chi connectivity index (χ4n) is 1.85. The molecule has 2 heterocycles. The van der Waals surface area contributed by atoms with Crippen molar-refractivity contribution in [1.82, 2.24) is 5.32 Å². The standard InChI is InChI=1S/C13H16BrNOS/c1-3-6-15-13(11-5-4-7-16-11)10-8-12(14)17-9(10)2/h4-5,7-8,13,15H,3,6H2,1-2H3. The first-order valence-corrected chi connectivity index (χ1v) is 7.36. The van der Waals surface area contributed by atoms with Crippen molar-refractivity contribution < 1.29 is 4.42 Å². The zero-order valence-electron chi connectivity index (χ0n) is 10.00. The summed E-state index contributed by atoms with van der Waals surface area (Å²) in [5.74, 6) is 0.979. The third-order valence-electron chi connectivity index (χ3n) is 2.66. The monoisotopic (exact) mass is 313 g/mol. The zero-order chi connectivity index (χ0) is 12.3. The molecule has 0 spiro atoms. The lowest BCUT2D eigenvalue weighted by atomic mass is 10.1. The van der Waals surface area contributed by atoms with Crippen LogP contribution in [0.3, 0.4) is 0 Å². The number of thiophene rings is 1. The Hall–Kier alpha value is -0.580. The Morgan fingerprint density at radius 3 is 2.88 bits per heavy atom. The van der Waals surface area contributed by atoms with Crippen LogP contribution in [0.25, 0.3) is 0 Å². The zero-order valence-corrected chi connectivity index (χ0v) is 12.4. The Morgan fingerprint density at radius 1 is 1.53 bits per heavy atom. The van der Waals surface area contributed by atoms with E-state index in [2.05, 4.69) is 41.2 Å². The average Bonchev–Trinajstić information content (AvgIpc) is 2.90. The molecule has 0 saturated carbocycles. The molecule has 4 heteroatoms. The molecule has 1 atom stereocenters. The normalized spacial score (nSPS) is 12.9. The summed E-state index contributed by atoms with van der Waals surface area (Å²) < 4.78 is 6.70. The Labute approximate surface area is 114 Å². The summed E-state index contributed by atoms with van der Waals surface area (Å²) in [7, 11) is 0. The molecule has 92 valence electrons. The van der Waals surface area contributed by atoms with Gasteiger partial charge in [-0.05, 0) is 59.6 Å². The number of hydrogen-bond donors (Lipinski definition) is 1. The van der Waals surface area contributed by atoms with Crippen LogP contribution in [-0.2, 0) is 0 Å². The lowest BCUT2D eigenvalue weighted by Crippen LogP contribution is -2.22. The molecular formula is C13H16BrNOS. The van der Waals surface area contributed by atoms with E-state index in [4.69, 9.17) is 4.42 Å². The van der Waals surface area contributed by atoms with E-state index >= 15 is 0 Å². The van der Waals surface area contributed by atoms with Crippen LogP contribution < -0.4 is 5.32 Å². The fraction of sp³-hybridized carbons (Fsp3) is 0.385. The summed E-state index contributed by atoms with van der Waals surface area (Å²) in [5.41, 5.74) is 1.30. The lowest BCUT2D eigenvalue weighted by Gasteiger charge is -2.16. The Morgan fingerprint density at radius 2 is 2.35 bits per heavy atom. The first kappa shape index (κ1) is 12.9. The fourth-order valence-corrected chi connectivity index (χ4v) is 3.60. The number of halogens is 1. The molecular weight excluding hydrogens is 298 g/mol. The van der Waals surface area contributed by atoms with Crippen LogP contribution in [0.1, 0.15) is 35.6 Å². The minimum absolute atomic E-state index is 0.160. The molecule has 2 aromatic rings. The Balaban J connectivity index is 2.30. The maximum absolute atomic E-state index is 5.54. The van der Waals surface area contributed by atoms with Gasteiger partial charge in [-0.1, -0.05) is 6.92 Å². The number of furan rings is 1. The van der Waals surface area contributed by atoms with E-state index in [0.29, 0.717) is 0 Å². The van der Waals surface area contributed by atoms with Crippen molar-refractivity contribution in [3.63, 3.8) is 0 Å². The van der Waals surface area contributed by atoms with Crippen molar-refractivity contribution in [2.75, 3.05) is 6.54 Å². The summed E-state index contributed by atoms with van der Waals surface area (Å²) in [4.78, 5) is 1.32. The minimum Gasteiger partial charge on any atom is -0.467 e. The number of nitrogens with one attached hydrogen (secondary N) is 1. The average molecular weight is 314 g/mol. The smallest absolute Gasteiger partial charge is 0.125 e. The topological polar surface area (TPSA) is 25.2 Å². The molecule has 0 bridgehead atoms. The first-order valence-electron chi connectivity index (χ1n) is 5.75. The van der Waals surface area contributed by atoms with Gasteiger partial charge in [0.25, 0.3) is 0 Å². The van der Waals surface area contributed by atoms with Crippen molar-refractivity contribution in [2.45, 2.75) is 26.3 Å². The second-order valence-electron chi connectivity index (χ2n) is 3.96. The van der Waals surface area contributed by atoms with Gasteiger partial charge in [0.2, 0.25) is 0 Å². The molecule has 1 N–H and O–H groups in total. The van der Waals surface area contributed by atoms with Crippen LogP contribution in [0, 0.1) is 6.92 Å². The second kappa shape index (κ2) is 5.85. The largest absolute Gasteiger partial charge is 0.467 e. The molecule has 17 heavy (non-hydrogen) atoms. The minimum atomic E-state index is 0.160. The van der Waals surface area contributed by atoms with Crippen molar-refractivity contribution in [3.8, 4) is 0 Å². The Kier molecular flexibility index (Phi) is 4.42. The first-order chi connectivity index (χ1) is 8.22. The molecule has 0 aliphatic rings. The van der Waals surface area contributed by atoms with Gasteiger partial charge in [0.1, 0.15) is 5.76 Å². The van der Waals surface area contributed by atoms with Crippen LogP contribution in [-0.4, -0.2) is 6.54 Å². The predicted molar refractivity (Wildman–Crippen MR) is 75.6 cm³/mol. The predicted octanol–water partition coefficient (Wildman–Crippen LogP) is 4.50. The van der Waals surface area contributed by atoms with Crippen LogP contribution in [0.2, 0.25) is 0 Å². The summed E-state index contributed by atoms with van der Waals surface area (Å²) in [6, 6.07) is 6.30. The van der Waals surface area contributed by atoms with E-state index in [-0.39, 0.29) is 6.04 Å². The third-order valence-corrected chi connectivity index (χ3v) is 4.23. The van der Waals surface area contributed by atoms with Gasteiger partial charge in [0.15, 0.2) is 0 Å². The molecule has 0 radical (unpaired) electrons. The van der Waals surface area contributed by atoms with E-state index in [9.17, 15) is 0 Å². The molecule has 0 aromatic carbocycles. The molecule has 2 rings (SSSR count). The van der Waals surface area contributed by atoms with Crippen LogP contribution in [0.5, 0.6) is 0 Å². The molecule has 2 nitrogen and oxygen atoms in total. The molecule has 0 fully saturated rings. The number of aryl methyl sites for hydroxylation is 1. The summed E-state index contributed by atoms with van der Waals surface area (Å²) in [6.07, 6.45) is 2.84. The van der Waals surface area contributed by atoms with Crippen molar-refractivity contribution in [3.05, 3.63) is 44.4 Å². The second-order valence-corrected chi connectivity index (χ2v) is 6.60. The van der Waals surface area contributed by atoms with E-state index in [0.717, 1.165) is 18.7 Å². The van der Waals surface area contributed by atoms with Crippen LogP contribution in [0.4, 0.5) is 0 Å². The highest BCUT2D eigenvalue weighted by atomic mass is 79.9. The lowest BCUT2D eigenvalue weighted by molar-refractivity contribution is 0.446. The van der Waals surface area contributed by atoms with Gasteiger partial charge >= 0.3 is 0 Å². The third kappa shape index (κ3) is 3.00. The Bertz CT molecular complexity index is 464. The molecule has 2 aromatic heterocycles. The van der Waals surface area contributed by atoms with Gasteiger partial charge in [-0.3, -0.25) is 0 Å². The van der Waals surface area contributed by atoms with Gasteiger partial charge in [0, 0.05) is 4.88 Å². The van der Waals surface area contributed by atoms with Crippen molar-refractivity contribution in [1.29, 1.82) is 0 Å². The highest BCUT2D eigenvalue weighted by Crippen LogP contribution is 2.33. The summed E-state index contributed by atoms with van der Waals surface area (Å²) in [5, 5.41) is 3.53. The van der Waals surface area contributed by atoms with Gasteiger partial charge in [0.05, 0.1) is 16.1 Å². The number of hydrogen-bond acceptors (Lipinski definition) is 3. The highest BCUT2D eigenvalue weighted by Gasteiger charge is 2.19. The van der Waals surface area contributed by atoms with Crippen molar-refractivity contribution in [2.24, 2.45) is 0 Å². The van der Waals surface area contributed by atoms with E-state index < -0.39 is 0 Å². The van der Waals surface area contributed by atoms with E-state index in [1.807, 2.05) is 12.1 Å². The van der Waals surface area contributed by atoms with Crippen LogP contribution in [0.15, 0.2) is 32.7 Å². The molecule has 1 unspecified atom stereocenters. The highest BCUT2D eigenvalue weighted by molar-refractivity contribution is 9.11.